The number of aryl methyl sites for hydroxylation is 3. The molecule has 4 rings (SSSR count). The number of carbonyl (C=O) groups is 1. The molecule has 0 spiro atoms. The Balaban J connectivity index is 1.74. The minimum absolute atomic E-state index is 0.268. The van der Waals surface area contributed by atoms with Gasteiger partial charge in [0.15, 0.2) is 0 Å². The van der Waals surface area contributed by atoms with Gasteiger partial charge in [0.25, 0.3) is 11.3 Å². The third kappa shape index (κ3) is 4.42. The van der Waals surface area contributed by atoms with Gasteiger partial charge in [-0.05, 0) is 72.2 Å². The average Bonchev–Trinajstić information content (AvgIpc) is 3.08. The van der Waals surface area contributed by atoms with Crippen LogP contribution in [0.5, 0.6) is 0 Å². The van der Waals surface area contributed by atoms with Crippen LogP contribution >= 0.6 is 22.9 Å². The highest BCUT2D eigenvalue weighted by Crippen LogP contribution is 2.43. The Morgan fingerprint density at radius 2 is 1.69 bits per heavy atom. The summed E-state index contributed by atoms with van der Waals surface area (Å²) in [5.74, 6) is -0.966. The molecule has 1 aromatic heterocycles. The molecule has 1 atom stereocenters. The molecule has 2 N–H and O–H groups in total. The second-order valence-electron chi connectivity index (χ2n) is 7.29. The monoisotopic (exact) mass is 485 g/mol. The summed E-state index contributed by atoms with van der Waals surface area (Å²) in [6.07, 6.45) is 1.01. The van der Waals surface area contributed by atoms with E-state index in [9.17, 15) is 18.7 Å². The fourth-order valence-corrected chi connectivity index (χ4v) is 5.99. The first-order chi connectivity index (χ1) is 15.4. The van der Waals surface area contributed by atoms with Crippen molar-refractivity contribution < 1.29 is 18.7 Å². The molecule has 0 aliphatic heterocycles. The van der Waals surface area contributed by atoms with Gasteiger partial charge >= 0.3 is 5.97 Å². The molecular formula is C24H20ClNO4S2. The standard InChI is InChI=1S/C24H20ClNO4S2/c1-15-20-14-18(25)12-13-22(20)31-23(15)26(32(29)30)21-9-5-3-7-17(21)11-10-16-6-2-4-8-19(16)24(27)28/h2-9,12-14H,10-11H2,1H3,(H,27,28)(H,29,30). The number of fused-ring (bicyclic) bond motifs is 1. The van der Waals surface area contributed by atoms with E-state index in [-0.39, 0.29) is 5.56 Å². The van der Waals surface area contributed by atoms with Gasteiger partial charge in [0.1, 0.15) is 5.00 Å². The van der Waals surface area contributed by atoms with Crippen LogP contribution in [0.4, 0.5) is 10.7 Å². The number of rotatable bonds is 7. The minimum atomic E-state index is -2.30. The quantitative estimate of drug-likeness (QED) is 0.288. The van der Waals surface area contributed by atoms with Crippen LogP contribution in [0.15, 0.2) is 66.7 Å². The van der Waals surface area contributed by atoms with Crippen LogP contribution in [-0.4, -0.2) is 19.8 Å². The number of hydrogen-bond donors (Lipinski definition) is 2. The van der Waals surface area contributed by atoms with Crippen LogP contribution in [0.2, 0.25) is 5.02 Å². The second-order valence-corrected chi connectivity index (χ2v) is 9.58. The summed E-state index contributed by atoms with van der Waals surface area (Å²) in [5, 5.41) is 11.7. The van der Waals surface area contributed by atoms with Crippen molar-refractivity contribution in [1.29, 1.82) is 0 Å². The minimum Gasteiger partial charge on any atom is -0.478 e. The smallest absolute Gasteiger partial charge is 0.335 e. The van der Waals surface area contributed by atoms with Crippen molar-refractivity contribution in [2.45, 2.75) is 19.8 Å². The van der Waals surface area contributed by atoms with E-state index >= 15 is 0 Å². The normalized spacial score (nSPS) is 12.1. The van der Waals surface area contributed by atoms with Crippen molar-refractivity contribution in [3.63, 3.8) is 0 Å². The molecule has 164 valence electrons. The number of halogens is 1. The predicted octanol–water partition coefficient (Wildman–Crippen LogP) is 6.62. The molecule has 1 heterocycles. The van der Waals surface area contributed by atoms with Crippen LogP contribution in [0.3, 0.4) is 0 Å². The average molecular weight is 486 g/mol. The van der Waals surface area contributed by atoms with Gasteiger partial charge in [0, 0.05) is 9.72 Å². The topological polar surface area (TPSA) is 77.8 Å². The summed E-state index contributed by atoms with van der Waals surface area (Å²) in [5.41, 5.74) is 3.33. The SMILES string of the molecule is Cc1c(N(c2ccccc2CCc2ccccc2C(=O)O)S(=O)O)sc2ccc(Cl)cc12. The third-order valence-electron chi connectivity index (χ3n) is 5.34. The van der Waals surface area contributed by atoms with Crippen LogP contribution in [0.1, 0.15) is 27.0 Å². The van der Waals surface area contributed by atoms with Crippen molar-refractivity contribution in [3.8, 4) is 0 Å². The van der Waals surface area contributed by atoms with Crippen molar-refractivity contribution in [2.75, 3.05) is 4.31 Å². The Morgan fingerprint density at radius 3 is 2.41 bits per heavy atom. The summed E-state index contributed by atoms with van der Waals surface area (Å²) < 4.78 is 25.2. The highest BCUT2D eigenvalue weighted by molar-refractivity contribution is 7.81. The molecule has 0 saturated heterocycles. The number of benzene rings is 3. The van der Waals surface area contributed by atoms with E-state index in [1.165, 1.54) is 15.6 Å². The number of thiophene rings is 1. The molecule has 8 heteroatoms. The molecule has 0 radical (unpaired) electrons. The van der Waals surface area contributed by atoms with E-state index in [4.69, 9.17) is 11.6 Å². The Morgan fingerprint density at radius 1 is 1.03 bits per heavy atom. The van der Waals surface area contributed by atoms with Gasteiger partial charge in [-0.3, -0.25) is 4.55 Å². The number of aromatic carboxylic acids is 1. The Labute approximate surface area is 197 Å². The van der Waals surface area contributed by atoms with Crippen LogP contribution in [-0.2, 0) is 24.1 Å². The van der Waals surface area contributed by atoms with E-state index in [1.54, 1.807) is 24.3 Å². The molecular weight excluding hydrogens is 466 g/mol. The zero-order valence-corrected chi connectivity index (χ0v) is 19.5. The lowest BCUT2D eigenvalue weighted by Gasteiger charge is -2.22. The van der Waals surface area contributed by atoms with Gasteiger partial charge in [-0.25, -0.2) is 13.3 Å². The van der Waals surface area contributed by atoms with Gasteiger partial charge in [-0.1, -0.05) is 48.0 Å². The number of anilines is 2. The van der Waals surface area contributed by atoms with E-state index in [0.717, 1.165) is 26.8 Å². The number of hydrogen-bond acceptors (Lipinski definition) is 3. The van der Waals surface area contributed by atoms with Gasteiger partial charge in [0.05, 0.1) is 11.3 Å². The van der Waals surface area contributed by atoms with Crippen LogP contribution in [0, 0.1) is 6.92 Å². The number of para-hydroxylation sites is 1. The summed E-state index contributed by atoms with van der Waals surface area (Å²) in [6, 6.07) is 19.9. The first kappa shape index (κ1) is 22.5. The van der Waals surface area contributed by atoms with Gasteiger partial charge < -0.3 is 5.11 Å². The van der Waals surface area contributed by atoms with Crippen molar-refractivity contribution in [3.05, 3.63) is 94.0 Å². The molecule has 5 nitrogen and oxygen atoms in total. The molecule has 0 saturated carbocycles. The van der Waals surface area contributed by atoms with E-state index in [0.29, 0.717) is 28.6 Å². The molecule has 0 bridgehead atoms. The van der Waals surface area contributed by atoms with E-state index in [2.05, 4.69) is 0 Å². The lowest BCUT2D eigenvalue weighted by molar-refractivity contribution is 0.0695. The van der Waals surface area contributed by atoms with Crippen LogP contribution < -0.4 is 4.31 Å². The molecule has 4 aromatic rings. The zero-order chi connectivity index (χ0) is 22.8. The molecule has 1 unspecified atom stereocenters. The van der Waals surface area contributed by atoms with Crippen LogP contribution in [0.25, 0.3) is 10.1 Å². The van der Waals surface area contributed by atoms with Gasteiger partial charge in [-0.15, -0.1) is 11.3 Å². The molecule has 0 aliphatic rings. The molecule has 0 amide bonds. The Bertz CT molecular complexity index is 1330. The van der Waals surface area contributed by atoms with Crippen molar-refractivity contribution in [2.24, 2.45) is 0 Å². The molecule has 0 aliphatic carbocycles. The highest BCUT2D eigenvalue weighted by atomic mass is 35.5. The highest BCUT2D eigenvalue weighted by Gasteiger charge is 2.23. The Kier molecular flexibility index (Phi) is 6.62. The van der Waals surface area contributed by atoms with E-state index < -0.39 is 17.2 Å². The third-order valence-corrected chi connectivity index (χ3v) is 7.64. The molecule has 0 fully saturated rings. The summed E-state index contributed by atoms with van der Waals surface area (Å²) in [4.78, 5) is 11.5. The van der Waals surface area contributed by atoms with Gasteiger partial charge in [-0.2, -0.15) is 0 Å². The summed E-state index contributed by atoms with van der Waals surface area (Å²) >= 11 is 5.29. The summed E-state index contributed by atoms with van der Waals surface area (Å²) in [6.45, 7) is 1.91. The fraction of sp³-hybridized carbons (Fsp3) is 0.125. The number of carboxylic acid groups (broad SMARTS) is 1. The number of nitrogens with zero attached hydrogens (tertiary/aromatic N) is 1. The maximum atomic E-state index is 12.5. The number of carboxylic acids is 1. The molecule has 32 heavy (non-hydrogen) atoms. The largest absolute Gasteiger partial charge is 0.478 e. The van der Waals surface area contributed by atoms with E-state index in [1.807, 2.05) is 49.4 Å². The first-order valence-corrected chi connectivity index (χ1v) is 12.1. The molecule has 3 aromatic carbocycles. The van der Waals surface area contributed by atoms with Gasteiger partial charge in [0.2, 0.25) is 0 Å². The second kappa shape index (κ2) is 9.42. The maximum Gasteiger partial charge on any atom is 0.335 e. The first-order valence-electron chi connectivity index (χ1n) is 9.85. The lowest BCUT2D eigenvalue weighted by Crippen LogP contribution is -2.20. The maximum absolute atomic E-state index is 12.5. The Hall–Kier alpha value is -2.71. The summed E-state index contributed by atoms with van der Waals surface area (Å²) in [7, 11) is 0. The predicted molar refractivity (Wildman–Crippen MR) is 132 cm³/mol. The fourth-order valence-electron chi connectivity index (χ4n) is 3.78. The van der Waals surface area contributed by atoms with Crippen molar-refractivity contribution >= 4 is 60.9 Å². The van der Waals surface area contributed by atoms with Crippen molar-refractivity contribution in [1.82, 2.24) is 0 Å². The zero-order valence-electron chi connectivity index (χ0n) is 17.1. The lowest BCUT2D eigenvalue weighted by atomic mass is 9.99.